The lowest BCUT2D eigenvalue weighted by atomic mass is 10.0. The van der Waals surface area contributed by atoms with Gasteiger partial charge in [0.15, 0.2) is 0 Å². The number of methoxy groups -OCH3 is 1. The largest absolute Gasteiger partial charge is 0.387 e. The third kappa shape index (κ3) is 4.80. The number of benzene rings is 1. The van der Waals surface area contributed by atoms with Gasteiger partial charge in [0.25, 0.3) is 0 Å². The molecule has 0 spiro atoms. The van der Waals surface area contributed by atoms with E-state index in [1.165, 1.54) is 18.4 Å². The van der Waals surface area contributed by atoms with Gasteiger partial charge in [0.05, 0.1) is 12.7 Å². The maximum absolute atomic E-state index is 10.5. The van der Waals surface area contributed by atoms with Crippen LogP contribution in [0.2, 0.25) is 0 Å². The highest BCUT2D eigenvalue weighted by molar-refractivity contribution is 5.24. The van der Waals surface area contributed by atoms with Crippen molar-refractivity contribution in [2.45, 2.75) is 45.3 Å². The van der Waals surface area contributed by atoms with Crippen LogP contribution in [0.25, 0.3) is 0 Å². The second kappa shape index (κ2) is 7.92. The molecule has 1 N–H and O–H groups in total. The minimum atomic E-state index is -0.422. The van der Waals surface area contributed by atoms with Gasteiger partial charge in [-0.3, -0.25) is 4.90 Å². The topological polar surface area (TPSA) is 32.7 Å². The van der Waals surface area contributed by atoms with Crippen molar-refractivity contribution in [3.8, 4) is 0 Å². The van der Waals surface area contributed by atoms with Crippen molar-refractivity contribution < 1.29 is 9.84 Å². The SMILES string of the molecule is CCc1ccc(C(O)CN(CCOC)C(C)C2CC2)cc1. The van der Waals surface area contributed by atoms with Crippen LogP contribution in [0.5, 0.6) is 0 Å². The number of rotatable bonds is 9. The van der Waals surface area contributed by atoms with Gasteiger partial charge in [-0.15, -0.1) is 0 Å². The number of aryl methyl sites for hydroxylation is 1. The predicted octanol–water partition coefficient (Wildman–Crippen LogP) is 3.03. The van der Waals surface area contributed by atoms with Crippen LogP contribution < -0.4 is 0 Å². The van der Waals surface area contributed by atoms with Crippen LogP contribution in [0.1, 0.15) is 43.9 Å². The molecule has 3 nitrogen and oxygen atoms in total. The molecule has 2 unspecified atom stereocenters. The molecule has 2 atom stereocenters. The quantitative estimate of drug-likeness (QED) is 0.759. The first-order valence-corrected chi connectivity index (χ1v) is 8.15. The number of hydrogen-bond donors (Lipinski definition) is 1. The highest BCUT2D eigenvalue weighted by Gasteiger charge is 2.32. The summed E-state index contributed by atoms with van der Waals surface area (Å²) in [4.78, 5) is 2.37. The Balaban J connectivity index is 1.96. The molecule has 0 heterocycles. The molecule has 0 bridgehead atoms. The number of aliphatic hydroxyl groups excluding tert-OH is 1. The summed E-state index contributed by atoms with van der Waals surface area (Å²) in [6.07, 6.45) is 3.27. The number of nitrogens with zero attached hydrogens (tertiary/aromatic N) is 1. The normalized spacial score (nSPS) is 18.0. The molecule has 21 heavy (non-hydrogen) atoms. The summed E-state index contributed by atoms with van der Waals surface area (Å²) in [5, 5.41) is 10.5. The lowest BCUT2D eigenvalue weighted by Crippen LogP contribution is -2.40. The zero-order valence-electron chi connectivity index (χ0n) is 13.6. The van der Waals surface area contributed by atoms with Gasteiger partial charge in [0, 0.05) is 26.2 Å². The van der Waals surface area contributed by atoms with Crippen LogP contribution in [0.15, 0.2) is 24.3 Å². The minimum Gasteiger partial charge on any atom is -0.387 e. The Morgan fingerprint density at radius 3 is 2.48 bits per heavy atom. The van der Waals surface area contributed by atoms with Crippen molar-refractivity contribution in [1.29, 1.82) is 0 Å². The van der Waals surface area contributed by atoms with E-state index in [-0.39, 0.29) is 0 Å². The van der Waals surface area contributed by atoms with E-state index in [9.17, 15) is 5.11 Å². The third-order valence-electron chi connectivity index (χ3n) is 4.64. The molecule has 1 aromatic rings. The van der Waals surface area contributed by atoms with Crippen molar-refractivity contribution in [2.75, 3.05) is 26.8 Å². The molecule has 1 aliphatic rings. The fourth-order valence-electron chi connectivity index (χ4n) is 2.85. The van der Waals surface area contributed by atoms with Crippen LogP contribution in [0, 0.1) is 5.92 Å². The van der Waals surface area contributed by atoms with Gasteiger partial charge in [-0.05, 0) is 43.2 Å². The molecule has 1 saturated carbocycles. The average molecular weight is 291 g/mol. The van der Waals surface area contributed by atoms with Gasteiger partial charge < -0.3 is 9.84 Å². The molecule has 0 aromatic heterocycles. The summed E-state index contributed by atoms with van der Waals surface area (Å²) in [5.74, 6) is 0.802. The molecule has 0 radical (unpaired) electrons. The second-order valence-corrected chi connectivity index (χ2v) is 6.18. The molecule has 0 amide bonds. The van der Waals surface area contributed by atoms with E-state index in [1.807, 2.05) is 0 Å². The second-order valence-electron chi connectivity index (χ2n) is 6.18. The van der Waals surface area contributed by atoms with Crippen LogP contribution in [-0.4, -0.2) is 42.9 Å². The Kier molecular flexibility index (Phi) is 6.22. The van der Waals surface area contributed by atoms with Crippen molar-refractivity contribution >= 4 is 0 Å². The Hall–Kier alpha value is -0.900. The van der Waals surface area contributed by atoms with Gasteiger partial charge in [0.1, 0.15) is 0 Å². The first-order chi connectivity index (χ1) is 10.2. The molecule has 1 aliphatic carbocycles. The molecule has 2 rings (SSSR count). The predicted molar refractivity (Wildman–Crippen MR) is 86.4 cm³/mol. The zero-order valence-corrected chi connectivity index (χ0v) is 13.6. The Morgan fingerprint density at radius 2 is 1.95 bits per heavy atom. The Labute approximate surface area is 128 Å². The zero-order chi connectivity index (χ0) is 15.2. The van der Waals surface area contributed by atoms with Crippen LogP contribution in [0.4, 0.5) is 0 Å². The van der Waals surface area contributed by atoms with E-state index < -0.39 is 6.10 Å². The lowest BCUT2D eigenvalue weighted by molar-refractivity contribution is 0.0620. The number of aliphatic hydroxyl groups is 1. The molecular formula is C18H29NO2. The molecule has 3 heteroatoms. The minimum absolute atomic E-state index is 0.422. The average Bonchev–Trinajstić information content (AvgIpc) is 3.35. The van der Waals surface area contributed by atoms with Gasteiger partial charge >= 0.3 is 0 Å². The van der Waals surface area contributed by atoms with E-state index >= 15 is 0 Å². The van der Waals surface area contributed by atoms with Gasteiger partial charge in [-0.1, -0.05) is 31.2 Å². The summed E-state index contributed by atoms with van der Waals surface area (Å²) in [6, 6.07) is 8.87. The standard InChI is InChI=1S/C18H29NO2/c1-4-15-5-7-17(8-6-15)18(20)13-19(11-12-21-3)14(2)16-9-10-16/h5-8,14,16,18,20H,4,9-13H2,1-3H3. The van der Waals surface area contributed by atoms with E-state index in [4.69, 9.17) is 4.74 Å². The highest BCUT2D eigenvalue weighted by atomic mass is 16.5. The van der Waals surface area contributed by atoms with Gasteiger partial charge in [-0.25, -0.2) is 0 Å². The first kappa shape index (κ1) is 16.5. The summed E-state index contributed by atoms with van der Waals surface area (Å²) in [5.41, 5.74) is 2.33. The van der Waals surface area contributed by atoms with Crippen LogP contribution >= 0.6 is 0 Å². The fraction of sp³-hybridized carbons (Fsp3) is 0.667. The molecule has 1 aromatic carbocycles. The van der Waals surface area contributed by atoms with Crippen LogP contribution in [0.3, 0.4) is 0 Å². The van der Waals surface area contributed by atoms with Crippen molar-refractivity contribution in [1.82, 2.24) is 4.90 Å². The smallest absolute Gasteiger partial charge is 0.0917 e. The fourth-order valence-corrected chi connectivity index (χ4v) is 2.85. The summed E-state index contributed by atoms with van der Waals surface area (Å²) in [7, 11) is 1.74. The summed E-state index contributed by atoms with van der Waals surface area (Å²) < 4.78 is 5.22. The van der Waals surface area contributed by atoms with Crippen molar-refractivity contribution in [2.24, 2.45) is 5.92 Å². The molecule has 0 saturated heterocycles. The van der Waals surface area contributed by atoms with E-state index in [0.29, 0.717) is 12.6 Å². The molecule has 1 fully saturated rings. The Morgan fingerprint density at radius 1 is 1.29 bits per heavy atom. The van der Waals surface area contributed by atoms with E-state index in [1.54, 1.807) is 7.11 Å². The van der Waals surface area contributed by atoms with E-state index in [0.717, 1.165) is 31.1 Å². The lowest BCUT2D eigenvalue weighted by Gasteiger charge is -2.31. The monoisotopic (exact) mass is 291 g/mol. The molecule has 0 aliphatic heterocycles. The third-order valence-corrected chi connectivity index (χ3v) is 4.64. The number of ether oxygens (including phenoxy) is 1. The maximum Gasteiger partial charge on any atom is 0.0917 e. The van der Waals surface area contributed by atoms with Crippen molar-refractivity contribution in [3.63, 3.8) is 0 Å². The van der Waals surface area contributed by atoms with Gasteiger partial charge in [-0.2, -0.15) is 0 Å². The molecule has 118 valence electrons. The van der Waals surface area contributed by atoms with Crippen molar-refractivity contribution in [3.05, 3.63) is 35.4 Å². The Bertz CT molecular complexity index is 414. The van der Waals surface area contributed by atoms with Crippen LogP contribution in [-0.2, 0) is 11.2 Å². The number of hydrogen-bond acceptors (Lipinski definition) is 3. The maximum atomic E-state index is 10.5. The summed E-state index contributed by atoms with van der Waals surface area (Å²) in [6.45, 7) is 6.72. The molecular weight excluding hydrogens is 262 g/mol. The van der Waals surface area contributed by atoms with Gasteiger partial charge in [0.2, 0.25) is 0 Å². The first-order valence-electron chi connectivity index (χ1n) is 8.15. The summed E-state index contributed by atoms with van der Waals surface area (Å²) >= 11 is 0. The van der Waals surface area contributed by atoms with E-state index in [2.05, 4.69) is 43.0 Å². The highest BCUT2D eigenvalue weighted by Crippen LogP contribution is 2.35.